The lowest BCUT2D eigenvalue weighted by Crippen LogP contribution is -2.55. The van der Waals surface area contributed by atoms with Crippen LogP contribution >= 0.6 is 0 Å². The molecule has 6 N–H and O–H groups in total. The highest BCUT2D eigenvalue weighted by molar-refractivity contribution is 4.87. The Morgan fingerprint density at radius 1 is 0.550 bits per heavy atom. The Morgan fingerprint density at radius 2 is 0.900 bits per heavy atom. The minimum absolute atomic E-state index is 0.184. The van der Waals surface area contributed by atoms with Gasteiger partial charge in [0, 0.05) is 17.8 Å². The summed E-state index contributed by atoms with van der Waals surface area (Å²) in [4.78, 5) is 0. The van der Waals surface area contributed by atoms with Crippen LogP contribution in [-0.4, -0.2) is 159 Å². The van der Waals surface area contributed by atoms with Crippen LogP contribution in [0.2, 0.25) is 0 Å². The molecule has 0 aromatic carbocycles. The molecule has 2 saturated heterocycles. The predicted molar refractivity (Wildman–Crippen MR) is 138 cm³/mol. The van der Waals surface area contributed by atoms with E-state index in [0.717, 1.165) is 0 Å². The lowest BCUT2D eigenvalue weighted by molar-refractivity contribution is -0.284. The van der Waals surface area contributed by atoms with E-state index < -0.39 is 74.3 Å². The molecule has 14 heteroatoms. The van der Waals surface area contributed by atoms with Crippen LogP contribution in [0.3, 0.4) is 0 Å². The minimum Gasteiger partial charge on any atom is -0.394 e. The molecule has 0 amide bonds. The van der Waals surface area contributed by atoms with Gasteiger partial charge in [0.25, 0.3) is 0 Å². The van der Waals surface area contributed by atoms with Crippen LogP contribution in [0.4, 0.5) is 0 Å². The first-order chi connectivity index (χ1) is 19.2. The fourth-order valence-corrected chi connectivity index (χ4v) is 4.32. The van der Waals surface area contributed by atoms with E-state index in [2.05, 4.69) is 0 Å². The highest BCUT2D eigenvalue weighted by Crippen LogP contribution is 2.27. The van der Waals surface area contributed by atoms with E-state index in [-0.39, 0.29) is 19.1 Å². The molecule has 0 saturated carbocycles. The molecule has 238 valence electrons. The molecule has 0 spiro atoms. The van der Waals surface area contributed by atoms with Crippen LogP contribution in [-0.2, 0) is 37.9 Å². The summed E-state index contributed by atoms with van der Waals surface area (Å²) < 4.78 is 44.3. The third-order valence-electron chi connectivity index (χ3n) is 6.94. The molecule has 0 aromatic rings. The molecule has 0 bridgehead atoms. The summed E-state index contributed by atoms with van der Waals surface area (Å²) in [5.41, 5.74) is 0. The monoisotopic (exact) mass is 586 g/mol. The maximum absolute atomic E-state index is 10.0. The Balaban J connectivity index is 1.38. The topological polar surface area (TPSA) is 195 Å². The Hall–Kier alpha value is -0.560. The van der Waals surface area contributed by atoms with Gasteiger partial charge in [0.2, 0.25) is 0 Å². The minimum atomic E-state index is -1.15. The summed E-state index contributed by atoms with van der Waals surface area (Å²) in [7, 11) is 0. The van der Waals surface area contributed by atoms with Gasteiger partial charge in [0.15, 0.2) is 12.6 Å². The van der Waals surface area contributed by atoms with Crippen molar-refractivity contribution < 1.29 is 68.5 Å². The molecule has 2 aliphatic heterocycles. The van der Waals surface area contributed by atoms with Gasteiger partial charge in [-0.2, -0.15) is 0 Å². The van der Waals surface area contributed by atoms with E-state index in [9.17, 15) is 30.6 Å². The fourth-order valence-electron chi connectivity index (χ4n) is 4.32. The van der Waals surface area contributed by atoms with Crippen molar-refractivity contribution in [2.45, 2.75) is 70.0 Å². The van der Waals surface area contributed by atoms with Gasteiger partial charge in [-0.1, -0.05) is 20.8 Å². The second kappa shape index (κ2) is 19.6. The number of aliphatic hydroxyl groups is 6. The molecule has 2 aliphatic rings. The molecule has 4 unspecified atom stereocenters. The first kappa shape index (κ1) is 35.6. The zero-order valence-corrected chi connectivity index (χ0v) is 23.8. The van der Waals surface area contributed by atoms with Crippen molar-refractivity contribution in [3.8, 4) is 0 Å². The van der Waals surface area contributed by atoms with Crippen molar-refractivity contribution in [2.75, 3.05) is 79.3 Å². The van der Waals surface area contributed by atoms with Crippen LogP contribution in [0.1, 0.15) is 20.8 Å². The second-order valence-electron chi connectivity index (χ2n) is 10.4. The third kappa shape index (κ3) is 11.6. The Kier molecular flexibility index (Phi) is 17.5. The number of rotatable bonds is 20. The average Bonchev–Trinajstić information content (AvgIpc) is 2.95. The van der Waals surface area contributed by atoms with Crippen LogP contribution in [0.25, 0.3) is 0 Å². The molecule has 14 nitrogen and oxygen atoms in total. The van der Waals surface area contributed by atoms with Crippen LogP contribution in [0.15, 0.2) is 0 Å². The summed E-state index contributed by atoms with van der Waals surface area (Å²) in [6, 6.07) is 0. The zero-order valence-electron chi connectivity index (χ0n) is 23.8. The highest BCUT2D eigenvalue weighted by atomic mass is 16.7. The molecular weight excluding hydrogens is 536 g/mol. The fraction of sp³-hybridized carbons (Fsp3) is 1.00. The normalized spacial score (nSPS) is 35.6. The van der Waals surface area contributed by atoms with E-state index in [1.54, 1.807) is 13.8 Å². The molecule has 40 heavy (non-hydrogen) atoms. The van der Waals surface area contributed by atoms with Crippen LogP contribution in [0, 0.1) is 17.8 Å². The van der Waals surface area contributed by atoms with Gasteiger partial charge >= 0.3 is 0 Å². The quantitative estimate of drug-likeness (QED) is 0.0847. The zero-order chi connectivity index (χ0) is 29.5. The van der Waals surface area contributed by atoms with E-state index in [4.69, 9.17) is 37.9 Å². The Labute approximate surface area is 236 Å². The van der Waals surface area contributed by atoms with Crippen molar-refractivity contribution >= 4 is 0 Å². The molecule has 2 fully saturated rings. The third-order valence-corrected chi connectivity index (χ3v) is 6.94. The van der Waals surface area contributed by atoms with Crippen molar-refractivity contribution in [1.29, 1.82) is 0 Å². The number of hydrogen-bond donors (Lipinski definition) is 6. The standard InChI is InChI=1S/C26H50O14/c1-16(14-35-6-4-33-8-10-37-25-17(2)21(29)23(31)19(12-27)39-25)15-36-7-5-34-9-11-38-26-18(3)22(30)24(32)20(13-28)40-26/h16-32H,4-15H2,1-3H3/t16?,17-,18-,19?,20?,21?,22?,23-,24-,25+,26+/m0/s1. The van der Waals surface area contributed by atoms with Gasteiger partial charge in [-0.3, -0.25) is 0 Å². The number of aliphatic hydroxyl groups excluding tert-OH is 6. The summed E-state index contributed by atoms with van der Waals surface area (Å²) >= 11 is 0. The van der Waals surface area contributed by atoms with E-state index in [1.807, 2.05) is 6.92 Å². The van der Waals surface area contributed by atoms with E-state index in [0.29, 0.717) is 52.9 Å². The SMILES string of the molecule is CC(COCCOCCO[C@@H]1OC(CO)[C@H](O)C(O)[C@@H]1C)COCCOCCO[C@@H]1OC(CO)[C@H](O)C(O)[C@@H]1C. The van der Waals surface area contributed by atoms with E-state index >= 15 is 0 Å². The first-order valence-electron chi connectivity index (χ1n) is 14.0. The largest absolute Gasteiger partial charge is 0.394 e. The van der Waals surface area contributed by atoms with Crippen molar-refractivity contribution in [3.63, 3.8) is 0 Å². The molecule has 0 aliphatic carbocycles. The second-order valence-corrected chi connectivity index (χ2v) is 10.4. The van der Waals surface area contributed by atoms with Crippen molar-refractivity contribution in [1.82, 2.24) is 0 Å². The number of ether oxygens (including phenoxy) is 8. The maximum atomic E-state index is 10.0. The van der Waals surface area contributed by atoms with Crippen molar-refractivity contribution in [3.05, 3.63) is 0 Å². The van der Waals surface area contributed by atoms with Crippen molar-refractivity contribution in [2.24, 2.45) is 17.8 Å². The average molecular weight is 587 g/mol. The summed E-state index contributed by atoms with van der Waals surface area (Å²) in [5.74, 6) is -0.696. The number of hydrogen-bond acceptors (Lipinski definition) is 14. The smallest absolute Gasteiger partial charge is 0.163 e. The summed E-state index contributed by atoms with van der Waals surface area (Å²) in [6.07, 6.45) is -7.61. The van der Waals surface area contributed by atoms with Gasteiger partial charge in [0.05, 0.1) is 91.5 Å². The van der Waals surface area contributed by atoms with Gasteiger partial charge in [-0.25, -0.2) is 0 Å². The highest BCUT2D eigenvalue weighted by Gasteiger charge is 2.43. The summed E-state index contributed by atoms with van der Waals surface area (Å²) in [6.45, 7) is 8.33. The lowest BCUT2D eigenvalue weighted by atomic mass is 9.92. The van der Waals surface area contributed by atoms with Crippen LogP contribution in [0.5, 0.6) is 0 Å². The molecule has 0 aromatic heterocycles. The molecule has 2 rings (SSSR count). The Bertz CT molecular complexity index is 589. The van der Waals surface area contributed by atoms with Crippen LogP contribution < -0.4 is 0 Å². The molecule has 2 heterocycles. The van der Waals surface area contributed by atoms with Gasteiger partial charge in [0.1, 0.15) is 24.4 Å². The summed E-state index contributed by atoms with van der Waals surface area (Å²) in [5, 5.41) is 58.3. The maximum Gasteiger partial charge on any atom is 0.163 e. The molecule has 0 radical (unpaired) electrons. The van der Waals surface area contributed by atoms with Gasteiger partial charge < -0.3 is 68.5 Å². The first-order valence-corrected chi connectivity index (χ1v) is 14.0. The Morgan fingerprint density at radius 3 is 1.27 bits per heavy atom. The predicted octanol–water partition coefficient (Wildman–Crippen LogP) is -2.13. The molecular formula is C26H50O14. The van der Waals surface area contributed by atoms with Gasteiger partial charge in [-0.15, -0.1) is 0 Å². The molecule has 10 atom stereocenters. The van der Waals surface area contributed by atoms with E-state index in [1.165, 1.54) is 0 Å². The lowest BCUT2D eigenvalue weighted by Gasteiger charge is -2.40. The van der Waals surface area contributed by atoms with Gasteiger partial charge in [-0.05, 0) is 0 Å².